The molecule has 2 aliphatic rings. The van der Waals surface area contributed by atoms with Gasteiger partial charge in [0.05, 0.1) is 26.1 Å². The average molecular weight is 410 g/mol. The molecule has 2 heterocycles. The highest BCUT2D eigenvalue weighted by Gasteiger charge is 2.67. The van der Waals surface area contributed by atoms with Crippen LogP contribution < -0.4 is 20.1 Å². The zero-order valence-corrected chi connectivity index (χ0v) is 16.8. The van der Waals surface area contributed by atoms with Crippen LogP contribution in [0.1, 0.15) is 22.7 Å². The molecule has 8 heteroatoms. The van der Waals surface area contributed by atoms with Crippen LogP contribution in [-0.4, -0.2) is 37.1 Å². The number of fused-ring (bicyclic) bond motifs is 1. The number of hydrogen-bond acceptors (Lipinski definition) is 6. The lowest BCUT2D eigenvalue weighted by Crippen LogP contribution is -2.52. The van der Waals surface area contributed by atoms with Gasteiger partial charge in [-0.05, 0) is 18.6 Å². The first kappa shape index (κ1) is 19.9. The normalized spacial score (nSPS) is 27.5. The molecule has 156 valence electrons. The first-order valence-corrected chi connectivity index (χ1v) is 9.49. The second kappa shape index (κ2) is 7.14. The van der Waals surface area contributed by atoms with Crippen molar-refractivity contribution in [1.82, 2.24) is 10.6 Å². The SMILES string of the molecule is COc1ccc(C2NC(C(=O)O)(c3ccccc3)C3C(=O)NC(=O)C23)c(OC)c1C. The van der Waals surface area contributed by atoms with Gasteiger partial charge >= 0.3 is 5.97 Å². The van der Waals surface area contributed by atoms with Crippen molar-refractivity contribution in [1.29, 1.82) is 0 Å². The zero-order chi connectivity index (χ0) is 21.6. The van der Waals surface area contributed by atoms with Crippen molar-refractivity contribution < 1.29 is 29.0 Å². The van der Waals surface area contributed by atoms with Crippen LogP contribution in [0.2, 0.25) is 0 Å². The molecule has 4 atom stereocenters. The Hall–Kier alpha value is -3.39. The van der Waals surface area contributed by atoms with Gasteiger partial charge in [0.2, 0.25) is 11.8 Å². The van der Waals surface area contributed by atoms with E-state index in [-0.39, 0.29) is 0 Å². The van der Waals surface area contributed by atoms with Crippen molar-refractivity contribution in [2.45, 2.75) is 18.5 Å². The molecular formula is C22H22N2O6. The summed E-state index contributed by atoms with van der Waals surface area (Å²) in [4.78, 5) is 38.2. The lowest BCUT2D eigenvalue weighted by molar-refractivity contribution is -0.149. The summed E-state index contributed by atoms with van der Waals surface area (Å²) in [5, 5.41) is 15.8. The molecule has 3 N–H and O–H groups in total. The maximum Gasteiger partial charge on any atom is 0.329 e. The van der Waals surface area contributed by atoms with Gasteiger partial charge in [-0.25, -0.2) is 4.79 Å². The maximum absolute atomic E-state index is 12.8. The molecule has 2 amide bonds. The number of carbonyl (C=O) groups is 3. The van der Waals surface area contributed by atoms with Gasteiger partial charge in [-0.1, -0.05) is 36.4 Å². The van der Waals surface area contributed by atoms with Gasteiger partial charge in [0.25, 0.3) is 0 Å². The predicted octanol–water partition coefficient (Wildman–Crippen LogP) is 1.53. The Kier molecular flexibility index (Phi) is 4.74. The van der Waals surface area contributed by atoms with Gasteiger partial charge in [0.15, 0.2) is 5.54 Å². The van der Waals surface area contributed by atoms with E-state index in [0.29, 0.717) is 28.2 Å². The van der Waals surface area contributed by atoms with Gasteiger partial charge in [0, 0.05) is 17.2 Å². The van der Waals surface area contributed by atoms with Crippen molar-refractivity contribution in [3.63, 3.8) is 0 Å². The van der Waals surface area contributed by atoms with Gasteiger partial charge in [0.1, 0.15) is 11.5 Å². The Morgan fingerprint density at radius 3 is 2.33 bits per heavy atom. The summed E-state index contributed by atoms with van der Waals surface area (Å²) in [6.45, 7) is 1.81. The van der Waals surface area contributed by atoms with Gasteiger partial charge in [-0.3, -0.25) is 20.2 Å². The summed E-state index contributed by atoms with van der Waals surface area (Å²) in [7, 11) is 3.04. The molecule has 2 aliphatic heterocycles. The van der Waals surface area contributed by atoms with E-state index in [0.717, 1.165) is 0 Å². The third-order valence-electron chi connectivity index (χ3n) is 6.11. The number of carboxylic acids is 1. The Morgan fingerprint density at radius 1 is 1.03 bits per heavy atom. The van der Waals surface area contributed by atoms with E-state index >= 15 is 0 Å². The molecule has 0 aromatic heterocycles. The second-order valence-electron chi connectivity index (χ2n) is 7.47. The number of imide groups is 1. The minimum absolute atomic E-state index is 0.407. The molecule has 0 radical (unpaired) electrons. The molecule has 0 saturated carbocycles. The standard InChI is InChI=1S/C22H22N2O6/c1-11-14(29-2)10-9-13(18(11)30-3)17-15-16(20(26)23-19(15)25)22(24-17,21(27)28)12-7-5-4-6-8-12/h4-10,15-17,24H,1-3H3,(H,27,28)(H,23,25,26). The fourth-order valence-electron chi connectivity index (χ4n) is 4.82. The summed E-state index contributed by atoms with van der Waals surface area (Å²) in [5.41, 5.74) is -0.0436. The van der Waals surface area contributed by atoms with Crippen molar-refractivity contribution >= 4 is 17.8 Å². The maximum atomic E-state index is 12.8. The number of nitrogens with one attached hydrogen (secondary N) is 2. The average Bonchev–Trinajstić information content (AvgIpc) is 3.25. The highest BCUT2D eigenvalue weighted by atomic mass is 16.5. The van der Waals surface area contributed by atoms with Crippen molar-refractivity contribution in [3.05, 3.63) is 59.2 Å². The van der Waals surface area contributed by atoms with Crippen molar-refractivity contribution in [2.24, 2.45) is 11.8 Å². The highest BCUT2D eigenvalue weighted by molar-refractivity contribution is 6.09. The molecule has 0 spiro atoms. The molecule has 0 bridgehead atoms. The molecule has 30 heavy (non-hydrogen) atoms. The third kappa shape index (κ3) is 2.60. The van der Waals surface area contributed by atoms with Gasteiger partial charge in [-0.15, -0.1) is 0 Å². The van der Waals surface area contributed by atoms with E-state index in [1.165, 1.54) is 7.11 Å². The molecule has 2 aromatic carbocycles. The van der Waals surface area contributed by atoms with E-state index < -0.39 is 41.2 Å². The van der Waals surface area contributed by atoms with Crippen molar-refractivity contribution in [2.75, 3.05) is 14.2 Å². The van der Waals surface area contributed by atoms with E-state index in [2.05, 4.69) is 10.6 Å². The minimum atomic E-state index is -1.76. The Labute approximate surface area is 173 Å². The largest absolute Gasteiger partial charge is 0.496 e. The van der Waals surface area contributed by atoms with Crippen molar-refractivity contribution in [3.8, 4) is 11.5 Å². The monoisotopic (exact) mass is 410 g/mol. The first-order valence-electron chi connectivity index (χ1n) is 9.49. The number of benzene rings is 2. The fraction of sp³-hybridized carbons (Fsp3) is 0.318. The van der Waals surface area contributed by atoms with Crippen LogP contribution in [0, 0.1) is 18.8 Å². The molecule has 2 saturated heterocycles. The van der Waals surface area contributed by atoms with E-state index in [1.807, 2.05) is 6.92 Å². The molecule has 4 unspecified atom stereocenters. The van der Waals surface area contributed by atoms with Gasteiger partial charge < -0.3 is 14.6 Å². The number of rotatable bonds is 5. The number of carbonyl (C=O) groups excluding carboxylic acids is 2. The zero-order valence-electron chi connectivity index (χ0n) is 16.8. The van der Waals surface area contributed by atoms with Gasteiger partial charge in [-0.2, -0.15) is 0 Å². The van der Waals surface area contributed by atoms with E-state index in [9.17, 15) is 19.5 Å². The van der Waals surface area contributed by atoms with Crippen LogP contribution in [0.4, 0.5) is 0 Å². The summed E-state index contributed by atoms with van der Waals surface area (Å²) >= 11 is 0. The molecule has 8 nitrogen and oxygen atoms in total. The van der Waals surface area contributed by atoms with Crippen LogP contribution in [0.5, 0.6) is 11.5 Å². The minimum Gasteiger partial charge on any atom is -0.496 e. The van der Waals surface area contributed by atoms with Crippen LogP contribution in [0.25, 0.3) is 0 Å². The topological polar surface area (TPSA) is 114 Å². The number of carboxylic acid groups (broad SMARTS) is 1. The number of aliphatic carboxylic acids is 1. The van der Waals surface area contributed by atoms with Crippen LogP contribution >= 0.6 is 0 Å². The highest BCUT2D eigenvalue weighted by Crippen LogP contribution is 2.53. The number of amides is 2. The van der Waals surface area contributed by atoms with Crippen LogP contribution in [0.15, 0.2) is 42.5 Å². The molecule has 4 rings (SSSR count). The molecule has 0 aliphatic carbocycles. The predicted molar refractivity (Wildman–Crippen MR) is 106 cm³/mol. The first-order chi connectivity index (χ1) is 14.4. The summed E-state index contributed by atoms with van der Waals surface area (Å²) in [5.74, 6) is -3.26. The molecular weight excluding hydrogens is 388 g/mol. The third-order valence-corrected chi connectivity index (χ3v) is 6.11. The van der Waals surface area contributed by atoms with E-state index in [4.69, 9.17) is 9.47 Å². The Balaban J connectivity index is 1.94. The van der Waals surface area contributed by atoms with E-state index in [1.54, 1.807) is 49.6 Å². The number of methoxy groups -OCH3 is 2. The fourth-order valence-corrected chi connectivity index (χ4v) is 4.82. The molecule has 2 fully saturated rings. The van der Waals surface area contributed by atoms with Crippen LogP contribution in [0.3, 0.4) is 0 Å². The molecule has 2 aromatic rings. The lowest BCUT2D eigenvalue weighted by atomic mass is 9.75. The lowest BCUT2D eigenvalue weighted by Gasteiger charge is -2.30. The number of hydrogen-bond donors (Lipinski definition) is 3. The smallest absolute Gasteiger partial charge is 0.329 e. The Bertz CT molecular complexity index is 1040. The summed E-state index contributed by atoms with van der Waals surface area (Å²) < 4.78 is 10.9. The second-order valence-corrected chi connectivity index (χ2v) is 7.47. The summed E-state index contributed by atoms with van der Waals surface area (Å²) in [6.07, 6.45) is 0. The number of ether oxygens (including phenoxy) is 2. The van der Waals surface area contributed by atoms with Crippen LogP contribution in [-0.2, 0) is 19.9 Å². The quantitative estimate of drug-likeness (QED) is 0.641. The summed E-state index contributed by atoms with van der Waals surface area (Å²) in [6, 6.07) is 11.2. The Morgan fingerprint density at radius 2 is 1.73 bits per heavy atom.